The van der Waals surface area contributed by atoms with Gasteiger partial charge in [0.1, 0.15) is 24.0 Å². The molecule has 2 N–H and O–H groups in total. The maximum Gasteiger partial charge on any atom is 0.336 e. The smallest absolute Gasteiger partial charge is 0.336 e. The lowest BCUT2D eigenvalue weighted by atomic mass is 9.95. The number of rotatable bonds is 5. The molecule has 2 aromatic carbocycles. The molecule has 0 amide bonds. The first-order valence-corrected chi connectivity index (χ1v) is 8.98. The van der Waals surface area contributed by atoms with Crippen molar-refractivity contribution < 1.29 is 14.1 Å². The lowest BCUT2D eigenvalue weighted by Gasteiger charge is -2.20. The summed E-state index contributed by atoms with van der Waals surface area (Å²) in [5.74, 6) is 0.143. The van der Waals surface area contributed by atoms with Gasteiger partial charge >= 0.3 is 5.63 Å². The van der Waals surface area contributed by atoms with E-state index in [2.05, 4.69) is 25.2 Å². The van der Waals surface area contributed by atoms with Gasteiger partial charge < -0.3 is 9.73 Å². The van der Waals surface area contributed by atoms with E-state index >= 15 is 0 Å². The SMILES string of the molecule is Cc1ccc2c(C[NH2+][C@@H](c3ccc(F)cc3)C(C)C)cc(=O)oc2c1C. The average molecular weight is 354 g/mol. The van der Waals surface area contributed by atoms with Crippen LogP contribution >= 0.6 is 0 Å². The van der Waals surface area contributed by atoms with Gasteiger partial charge in [0.15, 0.2) is 0 Å². The van der Waals surface area contributed by atoms with E-state index in [9.17, 15) is 9.18 Å². The number of hydrogen-bond acceptors (Lipinski definition) is 2. The van der Waals surface area contributed by atoms with Crippen LogP contribution in [-0.4, -0.2) is 0 Å². The number of fused-ring (bicyclic) bond motifs is 1. The molecular formula is C22H25FNO2+. The summed E-state index contributed by atoms with van der Waals surface area (Å²) in [5, 5.41) is 3.19. The Bertz CT molecular complexity index is 974. The van der Waals surface area contributed by atoms with Crippen molar-refractivity contribution in [3.05, 3.63) is 81.0 Å². The molecule has 1 atom stereocenters. The summed E-state index contributed by atoms with van der Waals surface area (Å²) in [6.07, 6.45) is 0. The zero-order chi connectivity index (χ0) is 18.8. The molecule has 3 rings (SSSR count). The average Bonchev–Trinajstić information content (AvgIpc) is 2.60. The number of quaternary nitrogens is 1. The van der Waals surface area contributed by atoms with Crippen molar-refractivity contribution in [3.8, 4) is 0 Å². The Kier molecular flexibility index (Phi) is 5.23. The Morgan fingerprint density at radius 3 is 2.42 bits per heavy atom. The number of aryl methyl sites for hydroxylation is 2. The van der Waals surface area contributed by atoms with Gasteiger partial charge in [-0.25, -0.2) is 9.18 Å². The maximum absolute atomic E-state index is 13.2. The summed E-state index contributed by atoms with van der Waals surface area (Å²) in [6, 6.07) is 12.5. The van der Waals surface area contributed by atoms with Crippen molar-refractivity contribution in [1.82, 2.24) is 0 Å². The third-order valence-electron chi connectivity index (χ3n) is 5.08. The van der Waals surface area contributed by atoms with E-state index in [0.717, 1.165) is 27.6 Å². The molecule has 0 aliphatic heterocycles. The summed E-state index contributed by atoms with van der Waals surface area (Å²) < 4.78 is 18.7. The van der Waals surface area contributed by atoms with Crippen LogP contribution in [0.5, 0.6) is 0 Å². The number of benzene rings is 2. The molecule has 0 fully saturated rings. The predicted molar refractivity (Wildman–Crippen MR) is 102 cm³/mol. The van der Waals surface area contributed by atoms with Gasteiger partial charge in [0.25, 0.3) is 0 Å². The van der Waals surface area contributed by atoms with Gasteiger partial charge in [0, 0.05) is 28.5 Å². The number of hydrogen-bond donors (Lipinski definition) is 1. The Morgan fingerprint density at radius 2 is 1.77 bits per heavy atom. The molecular weight excluding hydrogens is 329 g/mol. The molecule has 0 spiro atoms. The zero-order valence-electron chi connectivity index (χ0n) is 15.7. The van der Waals surface area contributed by atoms with E-state index in [0.29, 0.717) is 18.0 Å². The van der Waals surface area contributed by atoms with Crippen LogP contribution in [0, 0.1) is 25.6 Å². The lowest BCUT2D eigenvalue weighted by Crippen LogP contribution is -2.84. The van der Waals surface area contributed by atoms with E-state index in [1.54, 1.807) is 6.07 Å². The highest BCUT2D eigenvalue weighted by Crippen LogP contribution is 2.23. The standard InChI is InChI=1S/C22H24FNO2/c1-13(2)21(16-6-8-18(23)9-7-16)24-12-17-11-20(25)26-22-15(4)14(3)5-10-19(17)22/h5-11,13,21,24H,12H2,1-4H3/p+1/t21-/m1/s1. The Labute approximate surface area is 152 Å². The Morgan fingerprint density at radius 1 is 1.08 bits per heavy atom. The minimum atomic E-state index is -0.322. The molecule has 1 aromatic heterocycles. The molecule has 1 heterocycles. The molecule has 0 radical (unpaired) electrons. The summed E-state index contributed by atoms with van der Waals surface area (Å²) in [4.78, 5) is 12.0. The molecule has 0 aliphatic carbocycles. The second-order valence-corrected chi connectivity index (χ2v) is 7.24. The van der Waals surface area contributed by atoms with Crippen LogP contribution in [0.2, 0.25) is 0 Å². The molecule has 136 valence electrons. The molecule has 0 aliphatic rings. The highest BCUT2D eigenvalue weighted by Gasteiger charge is 2.20. The van der Waals surface area contributed by atoms with Gasteiger partial charge in [0.2, 0.25) is 0 Å². The van der Waals surface area contributed by atoms with Gasteiger partial charge in [0.05, 0.1) is 0 Å². The third-order valence-corrected chi connectivity index (χ3v) is 5.08. The van der Waals surface area contributed by atoms with Crippen LogP contribution < -0.4 is 10.9 Å². The molecule has 0 saturated carbocycles. The first kappa shape index (κ1) is 18.3. The first-order valence-electron chi connectivity index (χ1n) is 8.98. The van der Waals surface area contributed by atoms with Crippen molar-refractivity contribution in [2.24, 2.45) is 5.92 Å². The second-order valence-electron chi connectivity index (χ2n) is 7.24. The fraction of sp³-hybridized carbons (Fsp3) is 0.318. The largest absolute Gasteiger partial charge is 0.422 e. The van der Waals surface area contributed by atoms with Gasteiger partial charge in [-0.2, -0.15) is 0 Å². The molecule has 0 bridgehead atoms. The van der Waals surface area contributed by atoms with Gasteiger partial charge in [-0.1, -0.05) is 38.1 Å². The predicted octanol–water partition coefficient (Wildman–Crippen LogP) is 4.01. The highest BCUT2D eigenvalue weighted by molar-refractivity contribution is 5.83. The number of nitrogens with two attached hydrogens (primary N) is 1. The maximum atomic E-state index is 13.2. The molecule has 0 unspecified atom stereocenters. The van der Waals surface area contributed by atoms with Gasteiger partial charge in [-0.3, -0.25) is 0 Å². The summed E-state index contributed by atoms with van der Waals surface area (Å²) in [6.45, 7) is 8.94. The van der Waals surface area contributed by atoms with Gasteiger partial charge in [-0.05, 0) is 37.1 Å². The summed E-state index contributed by atoms with van der Waals surface area (Å²) in [7, 11) is 0. The minimum Gasteiger partial charge on any atom is -0.422 e. The van der Waals surface area contributed by atoms with Crippen molar-refractivity contribution in [2.45, 2.75) is 40.3 Å². The zero-order valence-corrected chi connectivity index (χ0v) is 15.7. The van der Waals surface area contributed by atoms with Crippen molar-refractivity contribution in [3.63, 3.8) is 0 Å². The number of halogens is 1. The minimum absolute atomic E-state index is 0.185. The van der Waals surface area contributed by atoms with Gasteiger partial charge in [-0.15, -0.1) is 0 Å². The lowest BCUT2D eigenvalue weighted by molar-refractivity contribution is -0.717. The van der Waals surface area contributed by atoms with E-state index in [1.807, 2.05) is 32.0 Å². The van der Waals surface area contributed by atoms with Crippen molar-refractivity contribution >= 4 is 11.0 Å². The van der Waals surface area contributed by atoms with Crippen LogP contribution in [0.15, 0.2) is 51.7 Å². The Hall–Kier alpha value is -2.46. The fourth-order valence-electron chi connectivity index (χ4n) is 3.43. The van der Waals surface area contributed by atoms with Crippen LogP contribution in [0.25, 0.3) is 11.0 Å². The van der Waals surface area contributed by atoms with Crippen LogP contribution in [0.1, 0.15) is 42.1 Å². The van der Waals surface area contributed by atoms with Crippen LogP contribution in [0.4, 0.5) is 4.39 Å². The van der Waals surface area contributed by atoms with E-state index in [-0.39, 0.29) is 17.5 Å². The topological polar surface area (TPSA) is 46.8 Å². The molecule has 4 heteroatoms. The molecule has 0 saturated heterocycles. The summed E-state index contributed by atoms with van der Waals surface area (Å²) >= 11 is 0. The summed E-state index contributed by atoms with van der Waals surface area (Å²) in [5.41, 5.74) is 4.50. The van der Waals surface area contributed by atoms with Crippen molar-refractivity contribution in [2.75, 3.05) is 0 Å². The quantitative estimate of drug-likeness (QED) is 0.704. The van der Waals surface area contributed by atoms with Crippen molar-refractivity contribution in [1.29, 1.82) is 0 Å². The third kappa shape index (κ3) is 3.70. The second kappa shape index (κ2) is 7.42. The first-order chi connectivity index (χ1) is 12.4. The molecule has 26 heavy (non-hydrogen) atoms. The Balaban J connectivity index is 1.94. The fourth-order valence-corrected chi connectivity index (χ4v) is 3.43. The van der Waals surface area contributed by atoms with Crippen LogP contribution in [0.3, 0.4) is 0 Å². The molecule has 3 nitrogen and oxygen atoms in total. The van der Waals surface area contributed by atoms with Crippen LogP contribution in [-0.2, 0) is 6.54 Å². The monoisotopic (exact) mass is 354 g/mol. The molecule has 3 aromatic rings. The van der Waals surface area contributed by atoms with E-state index in [4.69, 9.17) is 4.42 Å². The van der Waals surface area contributed by atoms with E-state index < -0.39 is 0 Å². The van der Waals surface area contributed by atoms with E-state index in [1.165, 1.54) is 12.1 Å². The normalized spacial score (nSPS) is 12.7. The highest BCUT2D eigenvalue weighted by atomic mass is 19.1.